The Morgan fingerprint density at radius 2 is 1.62 bits per heavy atom. The maximum Gasteiger partial charge on any atom is 0.225 e. The van der Waals surface area contributed by atoms with Gasteiger partial charge >= 0.3 is 0 Å². The zero-order valence-electron chi connectivity index (χ0n) is 23.2. The lowest BCUT2D eigenvalue weighted by Crippen LogP contribution is -2.47. The molecule has 0 saturated carbocycles. The van der Waals surface area contributed by atoms with Crippen molar-refractivity contribution in [3.63, 3.8) is 0 Å². The summed E-state index contributed by atoms with van der Waals surface area (Å²) in [6.07, 6.45) is 10.2. The molecule has 1 aliphatic heterocycles. The number of nitrogens with zero attached hydrogens (tertiary/aromatic N) is 9. The molecule has 1 fully saturated rings. The summed E-state index contributed by atoms with van der Waals surface area (Å²) in [5.41, 5.74) is 7.97. The van der Waals surface area contributed by atoms with Gasteiger partial charge in [-0.15, -0.1) is 0 Å². The molecule has 5 aromatic rings. The van der Waals surface area contributed by atoms with Crippen LogP contribution in [0.4, 0.5) is 16.2 Å². The Labute approximate surface area is 217 Å². The Morgan fingerprint density at radius 1 is 0.892 bits per heavy atom. The fourth-order valence-electron chi connectivity index (χ4n) is 4.57. The molecule has 10 nitrogen and oxygen atoms in total. The van der Waals surface area contributed by atoms with Gasteiger partial charge in [0.2, 0.25) is 5.95 Å². The molecule has 1 aliphatic rings. The summed E-state index contributed by atoms with van der Waals surface area (Å²) in [5.74, 6) is 0.840. The summed E-state index contributed by atoms with van der Waals surface area (Å²) >= 11 is 0. The third-order valence-electron chi connectivity index (χ3n) is 6.68. The van der Waals surface area contributed by atoms with Gasteiger partial charge in [0, 0.05) is 78.8 Å². The van der Waals surface area contributed by atoms with Gasteiger partial charge in [-0.1, -0.05) is 12.1 Å². The summed E-state index contributed by atoms with van der Waals surface area (Å²) in [7, 11) is 1.88. The van der Waals surface area contributed by atoms with Crippen molar-refractivity contribution in [2.75, 3.05) is 36.0 Å². The van der Waals surface area contributed by atoms with Gasteiger partial charge in [0.1, 0.15) is 17.7 Å². The van der Waals surface area contributed by atoms with Gasteiger partial charge in [-0.2, -0.15) is 10.2 Å². The minimum absolute atomic E-state index is 0.225. The summed E-state index contributed by atoms with van der Waals surface area (Å²) in [4.78, 5) is 17.7. The van der Waals surface area contributed by atoms with Crippen molar-refractivity contribution in [2.45, 2.75) is 12.4 Å². The van der Waals surface area contributed by atoms with E-state index in [1.54, 1.807) is 11.0 Å². The second-order valence-corrected chi connectivity index (χ2v) is 9.11. The van der Waals surface area contributed by atoms with Crippen LogP contribution >= 0.6 is 0 Å². The third-order valence-corrected chi connectivity index (χ3v) is 6.68. The maximum atomic E-state index is 13.5. The Kier molecular flexibility index (Phi) is 4.77. The number of halogens is 1. The molecule has 2 N–H and O–H groups in total. The van der Waals surface area contributed by atoms with E-state index in [1.165, 1.54) is 36.7 Å². The van der Waals surface area contributed by atoms with Crippen LogP contribution in [-0.4, -0.2) is 60.5 Å². The Balaban J connectivity index is 1.20. The first kappa shape index (κ1) is 19.8. The van der Waals surface area contributed by atoms with Crippen molar-refractivity contribution < 1.29 is 8.50 Å². The number of piperazine rings is 1. The lowest BCUT2D eigenvalue weighted by atomic mass is 9.87. The van der Waals surface area contributed by atoms with E-state index in [-0.39, 0.29) is 11.1 Å². The highest BCUT2D eigenvalue weighted by Crippen LogP contribution is 2.29. The van der Waals surface area contributed by atoms with Crippen LogP contribution in [-0.2, 0) is 12.6 Å². The molecule has 1 saturated heterocycles. The first-order valence-corrected chi connectivity index (χ1v) is 11.8. The molecule has 188 valence electrons. The highest BCUT2D eigenvalue weighted by atomic mass is 19.1. The van der Waals surface area contributed by atoms with E-state index in [0.717, 1.165) is 22.5 Å². The zero-order chi connectivity index (χ0) is 28.1. The predicted molar refractivity (Wildman–Crippen MR) is 139 cm³/mol. The largest absolute Gasteiger partial charge is 0.351 e. The molecule has 0 unspecified atom stereocenters. The van der Waals surface area contributed by atoms with Crippen LogP contribution in [0.2, 0.25) is 0 Å². The van der Waals surface area contributed by atoms with Gasteiger partial charge in [-0.3, -0.25) is 4.68 Å². The van der Waals surface area contributed by atoms with E-state index in [4.69, 9.17) is 9.85 Å². The Hall–Kier alpha value is -4.38. The molecule has 6 rings (SSSR count). The number of hydrogen-bond acceptors (Lipinski definition) is 8. The monoisotopic (exact) mass is 501 g/mol. The molecule has 4 aromatic heterocycles. The van der Waals surface area contributed by atoms with Crippen LogP contribution in [0.1, 0.15) is 22.1 Å². The second kappa shape index (κ2) is 8.93. The van der Waals surface area contributed by atoms with E-state index in [0.29, 0.717) is 32.1 Å². The summed E-state index contributed by atoms with van der Waals surface area (Å²) in [6, 6.07) is 7.20. The van der Waals surface area contributed by atoms with Gasteiger partial charge in [0.05, 0.1) is 11.7 Å². The molecule has 0 bridgehead atoms. The number of aromatic nitrogens is 7. The number of fused-ring (bicyclic) bond motifs is 1. The Morgan fingerprint density at radius 3 is 2.30 bits per heavy atom. The highest BCUT2D eigenvalue weighted by molar-refractivity contribution is 5.77. The highest BCUT2D eigenvalue weighted by Gasteiger charge is 2.26. The van der Waals surface area contributed by atoms with Gasteiger partial charge in [-0.25, -0.2) is 23.9 Å². The van der Waals surface area contributed by atoms with Crippen LogP contribution in [0.15, 0.2) is 67.6 Å². The van der Waals surface area contributed by atoms with Crippen molar-refractivity contribution in [3.05, 3.63) is 84.6 Å². The number of anilines is 2. The average Bonchev–Trinajstić information content (AvgIpc) is 3.59. The topological polar surface area (TPSA) is 106 Å². The normalized spacial score (nSPS) is 17.3. The predicted octanol–water partition coefficient (Wildman–Crippen LogP) is 2.61. The fraction of sp³-hybridized carbons (Fsp3) is 0.269. The molecule has 1 aromatic carbocycles. The number of rotatable bonds is 5. The smallest absolute Gasteiger partial charge is 0.225 e. The minimum Gasteiger partial charge on any atom is -0.351 e. The van der Waals surface area contributed by atoms with Crippen LogP contribution in [0.25, 0.3) is 16.6 Å². The van der Waals surface area contributed by atoms with Gasteiger partial charge < -0.3 is 15.5 Å². The van der Waals surface area contributed by atoms with E-state index < -0.39 is 18.2 Å². The zero-order valence-corrected chi connectivity index (χ0v) is 20.2. The van der Waals surface area contributed by atoms with Crippen molar-refractivity contribution in [2.24, 2.45) is 12.8 Å². The van der Waals surface area contributed by atoms with Crippen molar-refractivity contribution in [1.82, 2.24) is 34.3 Å². The Bertz CT molecular complexity index is 1640. The first-order valence-electron chi connectivity index (χ1n) is 13.3. The van der Waals surface area contributed by atoms with E-state index in [2.05, 4.69) is 36.1 Å². The van der Waals surface area contributed by atoms with Gasteiger partial charge in [-0.05, 0) is 30.6 Å². The molecule has 0 spiro atoms. The molecule has 11 heteroatoms. The summed E-state index contributed by atoms with van der Waals surface area (Å²) < 4.78 is 41.4. The third kappa shape index (κ3) is 4.27. The number of hydrogen-bond donors (Lipinski definition) is 1. The van der Waals surface area contributed by atoms with Crippen LogP contribution in [0, 0.1) is 5.82 Å². The lowest BCUT2D eigenvalue weighted by Gasteiger charge is -2.35. The van der Waals surface area contributed by atoms with Crippen molar-refractivity contribution in [3.8, 4) is 11.1 Å². The van der Waals surface area contributed by atoms with E-state index in [9.17, 15) is 4.39 Å². The minimum atomic E-state index is -2.61. The SMILES string of the molecule is [2H]C([2H])([2H])[C@](N)(c1ccc(F)cc1)c1cnc(N2CCN(c3ncnn4cc(-c5cnn(C)c5)cc34)CC2)nc1. The average molecular weight is 502 g/mol. The molecular weight excluding hydrogens is 471 g/mol. The van der Waals surface area contributed by atoms with Crippen LogP contribution < -0.4 is 15.5 Å². The molecular formula is C26H27FN10. The number of nitrogens with two attached hydrogens (primary N) is 1. The molecule has 0 radical (unpaired) electrons. The standard InChI is InChI=1S/C26H27FN10/c1-26(28,20-3-5-22(27)6-4-20)21-13-29-25(30-14-21)36-9-7-35(8-10-36)24-23-11-18(16-37(23)33-17-31-24)19-12-32-34(2)15-19/h3-6,11-17H,7-10,28H2,1-2H3/t26-/m0/s1/i1D3. The lowest BCUT2D eigenvalue weighted by molar-refractivity contribution is 0.585. The number of benzene rings is 1. The van der Waals surface area contributed by atoms with Crippen LogP contribution in [0.3, 0.4) is 0 Å². The summed E-state index contributed by atoms with van der Waals surface area (Å²) in [6.45, 7) is 0.0149. The van der Waals surface area contributed by atoms with Gasteiger partial charge in [0.15, 0.2) is 5.82 Å². The van der Waals surface area contributed by atoms with E-state index >= 15 is 0 Å². The molecule has 37 heavy (non-hydrogen) atoms. The van der Waals surface area contributed by atoms with Gasteiger partial charge in [0.25, 0.3) is 0 Å². The molecule has 0 amide bonds. The van der Waals surface area contributed by atoms with Crippen molar-refractivity contribution >= 4 is 17.3 Å². The summed E-state index contributed by atoms with van der Waals surface area (Å²) in [5, 5.41) is 8.63. The number of aryl methyl sites for hydroxylation is 1. The molecule has 5 heterocycles. The first-order chi connectivity index (χ1) is 19.1. The van der Waals surface area contributed by atoms with E-state index in [1.807, 2.05) is 35.1 Å². The molecule has 1 atom stereocenters. The second-order valence-electron chi connectivity index (χ2n) is 9.11. The fourth-order valence-corrected chi connectivity index (χ4v) is 4.57. The van der Waals surface area contributed by atoms with Crippen molar-refractivity contribution in [1.29, 1.82) is 0 Å². The maximum absolute atomic E-state index is 13.5. The quantitative estimate of drug-likeness (QED) is 0.392. The molecule has 0 aliphatic carbocycles. The van der Waals surface area contributed by atoms with Crippen LogP contribution in [0.5, 0.6) is 0 Å².